The molecule has 2 amide bonds. The smallest absolute Gasteiger partial charge is 0.251 e. The Hall–Kier alpha value is -2.89. The normalized spacial score (nSPS) is 10.1. The second kappa shape index (κ2) is 7.93. The van der Waals surface area contributed by atoms with E-state index in [4.69, 9.17) is 0 Å². The van der Waals surface area contributed by atoms with Crippen LogP contribution in [0, 0.1) is 5.82 Å². The van der Waals surface area contributed by atoms with Crippen molar-refractivity contribution < 1.29 is 19.1 Å². The second-order valence-electron chi connectivity index (χ2n) is 4.93. The average Bonchev–Trinajstić information content (AvgIpc) is 2.54. The summed E-state index contributed by atoms with van der Waals surface area (Å²) in [5, 5.41) is 14.8. The van der Waals surface area contributed by atoms with Gasteiger partial charge in [-0.1, -0.05) is 12.1 Å². The molecule has 3 N–H and O–H groups in total. The van der Waals surface area contributed by atoms with Crippen molar-refractivity contribution in [1.82, 2.24) is 5.32 Å². The summed E-state index contributed by atoms with van der Waals surface area (Å²) < 4.78 is 12.8. The maximum Gasteiger partial charge on any atom is 0.251 e. The second-order valence-corrected chi connectivity index (χ2v) is 4.93. The zero-order valence-electron chi connectivity index (χ0n) is 12.4. The molecule has 0 aliphatic rings. The molecule has 0 atom stereocenters. The fourth-order valence-electron chi connectivity index (χ4n) is 1.95. The maximum absolute atomic E-state index is 12.8. The van der Waals surface area contributed by atoms with Crippen molar-refractivity contribution in [2.75, 3.05) is 11.9 Å². The number of aromatic hydroxyl groups is 1. The van der Waals surface area contributed by atoms with Gasteiger partial charge in [0.15, 0.2) is 0 Å². The number of rotatable bonds is 6. The van der Waals surface area contributed by atoms with E-state index in [9.17, 15) is 19.1 Å². The minimum Gasteiger partial charge on any atom is -0.506 e. The first kappa shape index (κ1) is 16.5. The van der Waals surface area contributed by atoms with Crippen molar-refractivity contribution in [2.24, 2.45) is 0 Å². The molecule has 0 fully saturated rings. The Morgan fingerprint density at radius 1 is 1.04 bits per heavy atom. The molecular formula is C17H17FN2O3. The van der Waals surface area contributed by atoms with Gasteiger partial charge in [-0.05, 0) is 42.8 Å². The largest absolute Gasteiger partial charge is 0.506 e. The maximum atomic E-state index is 12.8. The van der Waals surface area contributed by atoms with Crippen molar-refractivity contribution in [3.05, 3.63) is 59.9 Å². The summed E-state index contributed by atoms with van der Waals surface area (Å²) in [6.45, 7) is 0.324. The predicted molar refractivity (Wildman–Crippen MR) is 84.7 cm³/mol. The van der Waals surface area contributed by atoms with Crippen LogP contribution in [-0.4, -0.2) is 23.5 Å². The lowest BCUT2D eigenvalue weighted by molar-refractivity contribution is -0.116. The number of phenols is 1. The summed E-state index contributed by atoms with van der Waals surface area (Å²) in [5.41, 5.74) is 0.720. The van der Waals surface area contributed by atoms with Gasteiger partial charge in [-0.15, -0.1) is 0 Å². The molecule has 2 aromatic carbocycles. The Labute approximate surface area is 133 Å². The molecule has 0 bridgehead atoms. The zero-order chi connectivity index (χ0) is 16.7. The monoisotopic (exact) mass is 316 g/mol. The molecule has 2 rings (SSSR count). The third-order valence-electron chi connectivity index (χ3n) is 3.15. The Bertz CT molecular complexity index is 686. The summed E-state index contributed by atoms with van der Waals surface area (Å²) in [6.07, 6.45) is 0.657. The molecule has 0 aliphatic heterocycles. The van der Waals surface area contributed by atoms with Crippen LogP contribution in [-0.2, 0) is 4.79 Å². The lowest BCUT2D eigenvalue weighted by Gasteiger charge is -2.08. The number of hydrogen-bond acceptors (Lipinski definition) is 3. The summed E-state index contributed by atoms with van der Waals surface area (Å²) in [7, 11) is 0. The highest BCUT2D eigenvalue weighted by Crippen LogP contribution is 2.21. The molecule has 23 heavy (non-hydrogen) atoms. The van der Waals surface area contributed by atoms with Gasteiger partial charge in [0, 0.05) is 18.5 Å². The third kappa shape index (κ3) is 5.10. The van der Waals surface area contributed by atoms with Crippen molar-refractivity contribution in [1.29, 1.82) is 0 Å². The first-order valence-electron chi connectivity index (χ1n) is 7.18. The lowest BCUT2D eigenvalue weighted by atomic mass is 10.2. The molecule has 120 valence electrons. The van der Waals surface area contributed by atoms with E-state index in [2.05, 4.69) is 10.6 Å². The minimum absolute atomic E-state index is 0.00506. The molecule has 2 aromatic rings. The highest BCUT2D eigenvalue weighted by molar-refractivity contribution is 5.94. The van der Waals surface area contributed by atoms with E-state index in [1.165, 1.54) is 30.3 Å². The van der Waals surface area contributed by atoms with E-state index in [0.717, 1.165) is 0 Å². The SMILES string of the molecule is O=C(CCCNC(=O)c1ccc(F)cc1)Nc1ccccc1O. The van der Waals surface area contributed by atoms with Crippen LogP contribution in [0.2, 0.25) is 0 Å². The lowest BCUT2D eigenvalue weighted by Crippen LogP contribution is -2.25. The van der Waals surface area contributed by atoms with Crippen LogP contribution < -0.4 is 10.6 Å². The standard InChI is InChI=1S/C17H17FN2O3/c18-13-9-7-12(8-10-13)17(23)19-11-3-6-16(22)20-14-4-1-2-5-15(14)21/h1-2,4-5,7-10,21H,3,6,11H2,(H,19,23)(H,20,22). The first-order chi connectivity index (χ1) is 11.1. The summed E-state index contributed by atoms with van der Waals surface area (Å²) in [4.78, 5) is 23.5. The predicted octanol–water partition coefficient (Wildman–Crippen LogP) is 2.68. The van der Waals surface area contributed by atoms with Crippen molar-refractivity contribution in [3.8, 4) is 5.75 Å². The van der Waals surface area contributed by atoms with Gasteiger partial charge in [0.1, 0.15) is 11.6 Å². The third-order valence-corrected chi connectivity index (χ3v) is 3.15. The topological polar surface area (TPSA) is 78.4 Å². The Balaban J connectivity index is 1.71. The molecule has 0 saturated carbocycles. The van der Waals surface area contributed by atoms with Crippen LogP contribution in [0.5, 0.6) is 5.75 Å². The molecule has 0 radical (unpaired) electrons. The van der Waals surface area contributed by atoms with Crippen molar-refractivity contribution in [3.63, 3.8) is 0 Å². The number of anilines is 1. The zero-order valence-corrected chi connectivity index (χ0v) is 12.4. The van der Waals surface area contributed by atoms with Gasteiger partial charge in [0.05, 0.1) is 5.69 Å². The fourth-order valence-corrected chi connectivity index (χ4v) is 1.95. The minimum atomic E-state index is -0.401. The molecule has 0 aromatic heterocycles. The quantitative estimate of drug-likeness (QED) is 0.566. The van der Waals surface area contributed by atoms with E-state index < -0.39 is 5.82 Å². The van der Waals surface area contributed by atoms with E-state index >= 15 is 0 Å². The summed E-state index contributed by atoms with van der Waals surface area (Å²) in [6, 6.07) is 11.7. The van der Waals surface area contributed by atoms with Crippen LogP contribution in [0.1, 0.15) is 23.2 Å². The van der Waals surface area contributed by atoms with Gasteiger partial charge in [-0.2, -0.15) is 0 Å². The van der Waals surface area contributed by atoms with Gasteiger partial charge >= 0.3 is 0 Å². The molecule has 0 unspecified atom stereocenters. The molecule has 0 spiro atoms. The van der Waals surface area contributed by atoms with Gasteiger partial charge in [-0.25, -0.2) is 4.39 Å². The molecular weight excluding hydrogens is 299 g/mol. The summed E-state index contributed by atoms with van der Waals surface area (Å²) >= 11 is 0. The van der Waals surface area contributed by atoms with E-state index in [1.807, 2.05) is 0 Å². The highest BCUT2D eigenvalue weighted by Gasteiger charge is 2.07. The molecule has 5 nitrogen and oxygen atoms in total. The van der Waals surface area contributed by atoms with Crippen molar-refractivity contribution >= 4 is 17.5 Å². The molecule has 0 aliphatic carbocycles. The van der Waals surface area contributed by atoms with Crippen LogP contribution in [0.25, 0.3) is 0 Å². The van der Waals surface area contributed by atoms with Crippen molar-refractivity contribution in [2.45, 2.75) is 12.8 Å². The van der Waals surface area contributed by atoms with Gasteiger partial charge in [0.25, 0.3) is 5.91 Å². The number of carbonyl (C=O) groups is 2. The molecule has 0 heterocycles. The number of para-hydroxylation sites is 2. The summed E-state index contributed by atoms with van der Waals surface area (Å²) in [5.74, 6) is -0.957. The number of nitrogens with one attached hydrogen (secondary N) is 2. The Morgan fingerprint density at radius 3 is 2.43 bits per heavy atom. The average molecular weight is 316 g/mol. The number of halogens is 1. The number of benzene rings is 2. The molecule has 6 heteroatoms. The van der Waals surface area contributed by atoms with Gasteiger partial charge in [0.2, 0.25) is 5.91 Å². The van der Waals surface area contributed by atoms with Crippen LogP contribution >= 0.6 is 0 Å². The Kier molecular flexibility index (Phi) is 5.68. The van der Waals surface area contributed by atoms with Crippen LogP contribution in [0.15, 0.2) is 48.5 Å². The van der Waals surface area contributed by atoms with E-state index in [0.29, 0.717) is 24.2 Å². The van der Waals surface area contributed by atoms with E-state index in [-0.39, 0.29) is 24.0 Å². The number of carbonyl (C=O) groups excluding carboxylic acids is 2. The van der Waals surface area contributed by atoms with Gasteiger partial charge in [-0.3, -0.25) is 9.59 Å². The number of phenolic OH excluding ortho intramolecular Hbond substituents is 1. The number of hydrogen-bond donors (Lipinski definition) is 3. The van der Waals surface area contributed by atoms with Gasteiger partial charge < -0.3 is 15.7 Å². The van der Waals surface area contributed by atoms with Crippen LogP contribution in [0.3, 0.4) is 0 Å². The van der Waals surface area contributed by atoms with Crippen LogP contribution in [0.4, 0.5) is 10.1 Å². The highest BCUT2D eigenvalue weighted by atomic mass is 19.1. The molecule has 0 saturated heterocycles. The Morgan fingerprint density at radius 2 is 1.74 bits per heavy atom. The first-order valence-corrected chi connectivity index (χ1v) is 7.18. The fraction of sp³-hybridized carbons (Fsp3) is 0.176. The van der Waals surface area contributed by atoms with E-state index in [1.54, 1.807) is 18.2 Å². The number of amides is 2.